The second-order valence-corrected chi connectivity index (χ2v) is 8.73. The Morgan fingerprint density at radius 3 is 2.79 bits per heavy atom. The summed E-state index contributed by atoms with van der Waals surface area (Å²) < 4.78 is 12.0. The van der Waals surface area contributed by atoms with Crippen LogP contribution in [0.2, 0.25) is 0 Å². The molecule has 9 heteroatoms. The molecule has 1 aliphatic rings. The van der Waals surface area contributed by atoms with E-state index in [1.165, 1.54) is 4.57 Å². The van der Waals surface area contributed by atoms with Gasteiger partial charge in [0, 0.05) is 37.8 Å². The summed E-state index contributed by atoms with van der Waals surface area (Å²) in [5.41, 5.74) is 4.43. The minimum Gasteiger partial charge on any atom is -0.481 e. The maximum absolute atomic E-state index is 13.0. The van der Waals surface area contributed by atoms with Crippen LogP contribution in [-0.4, -0.2) is 33.6 Å². The highest BCUT2D eigenvalue weighted by molar-refractivity contribution is 6.00. The fourth-order valence-electron chi connectivity index (χ4n) is 4.57. The van der Waals surface area contributed by atoms with Crippen LogP contribution >= 0.6 is 0 Å². The standard InChI is InChI=1S/C25H27N5O4/c1-30-20-9-3-15(13-21(20)34-25(30)32)14-27-17-6-4-16(5-7-17)24(31)28-19-11-12-26-18-8-10-22(33-2)29-23(18)19/h3,8-13,16-17,27H,4-7,14H2,1-2H3,(H,26,28,31)/t16-,17-. The highest BCUT2D eigenvalue weighted by atomic mass is 16.5. The highest BCUT2D eigenvalue weighted by Crippen LogP contribution is 2.28. The van der Waals surface area contributed by atoms with E-state index in [1.807, 2.05) is 24.3 Å². The van der Waals surface area contributed by atoms with Crippen LogP contribution in [0.15, 0.2) is 51.8 Å². The Labute approximate surface area is 196 Å². The van der Waals surface area contributed by atoms with Gasteiger partial charge in [-0.2, -0.15) is 0 Å². The molecule has 1 aromatic carbocycles. The van der Waals surface area contributed by atoms with Gasteiger partial charge in [0.2, 0.25) is 11.8 Å². The SMILES string of the molecule is COc1ccc2nccc(NC(=O)[C@H]3CC[C@H](NCc4ccc5c(c4)oc(=O)n5C)CC3)c2n1. The molecule has 3 aromatic heterocycles. The lowest BCUT2D eigenvalue weighted by Gasteiger charge is -2.28. The Morgan fingerprint density at radius 1 is 1.18 bits per heavy atom. The van der Waals surface area contributed by atoms with E-state index in [4.69, 9.17) is 9.15 Å². The Kier molecular flexibility index (Phi) is 6.02. The molecule has 4 aromatic rings. The van der Waals surface area contributed by atoms with Crippen molar-refractivity contribution in [1.29, 1.82) is 0 Å². The Morgan fingerprint density at radius 2 is 2.00 bits per heavy atom. The number of rotatable bonds is 6. The Bertz CT molecular complexity index is 1400. The predicted octanol–water partition coefficient (Wildman–Crippen LogP) is 3.37. The molecule has 1 saturated carbocycles. The van der Waals surface area contributed by atoms with Crippen molar-refractivity contribution in [3.8, 4) is 5.88 Å². The molecule has 0 spiro atoms. The van der Waals surface area contributed by atoms with Gasteiger partial charge in [-0.05, 0) is 55.5 Å². The molecule has 0 saturated heterocycles. The molecule has 176 valence electrons. The molecule has 34 heavy (non-hydrogen) atoms. The van der Waals surface area contributed by atoms with Crippen LogP contribution in [0.3, 0.4) is 0 Å². The first-order valence-electron chi connectivity index (χ1n) is 11.4. The zero-order valence-corrected chi connectivity index (χ0v) is 19.2. The zero-order chi connectivity index (χ0) is 23.7. The van der Waals surface area contributed by atoms with Crippen LogP contribution < -0.4 is 21.1 Å². The number of nitrogens with zero attached hydrogens (tertiary/aromatic N) is 3. The average molecular weight is 462 g/mol. The van der Waals surface area contributed by atoms with E-state index in [0.717, 1.165) is 36.8 Å². The third kappa shape index (κ3) is 4.38. The summed E-state index contributed by atoms with van der Waals surface area (Å²) in [5.74, 6) is 0.101. The number of aryl methyl sites for hydroxylation is 1. The smallest absolute Gasteiger partial charge is 0.419 e. The van der Waals surface area contributed by atoms with Gasteiger partial charge in [0.25, 0.3) is 0 Å². The molecule has 0 aliphatic heterocycles. The molecule has 1 aliphatic carbocycles. The number of nitrogens with one attached hydrogen (secondary N) is 2. The van der Waals surface area contributed by atoms with Crippen LogP contribution in [-0.2, 0) is 18.4 Å². The van der Waals surface area contributed by atoms with Crippen molar-refractivity contribution in [2.75, 3.05) is 12.4 Å². The summed E-state index contributed by atoms with van der Waals surface area (Å²) in [5, 5.41) is 6.63. The van der Waals surface area contributed by atoms with Crippen LogP contribution in [0.1, 0.15) is 31.2 Å². The number of carbonyl (C=O) groups is 1. The molecule has 2 N–H and O–H groups in total. The van der Waals surface area contributed by atoms with Gasteiger partial charge in [-0.1, -0.05) is 6.07 Å². The lowest BCUT2D eigenvalue weighted by atomic mass is 9.85. The number of anilines is 1. The molecule has 1 amide bonds. The van der Waals surface area contributed by atoms with Gasteiger partial charge in [0.05, 0.1) is 23.8 Å². The molecule has 0 unspecified atom stereocenters. The Hall–Kier alpha value is -3.72. The van der Waals surface area contributed by atoms with E-state index < -0.39 is 0 Å². The van der Waals surface area contributed by atoms with Crippen molar-refractivity contribution >= 4 is 33.7 Å². The summed E-state index contributed by atoms with van der Waals surface area (Å²) >= 11 is 0. The first-order valence-corrected chi connectivity index (χ1v) is 11.4. The minimum atomic E-state index is -0.355. The van der Waals surface area contributed by atoms with E-state index in [2.05, 4.69) is 20.6 Å². The lowest BCUT2D eigenvalue weighted by Crippen LogP contribution is -2.36. The maximum atomic E-state index is 13.0. The average Bonchev–Trinajstić information content (AvgIpc) is 3.15. The molecular formula is C25H27N5O4. The van der Waals surface area contributed by atoms with Gasteiger partial charge in [-0.25, -0.2) is 9.78 Å². The van der Waals surface area contributed by atoms with Crippen LogP contribution in [0.25, 0.3) is 22.1 Å². The molecule has 5 rings (SSSR count). The number of methoxy groups -OCH3 is 1. The molecule has 0 radical (unpaired) electrons. The molecule has 1 fully saturated rings. The first-order chi connectivity index (χ1) is 16.5. The topological polar surface area (TPSA) is 111 Å². The van der Waals surface area contributed by atoms with Gasteiger partial charge < -0.3 is 19.8 Å². The van der Waals surface area contributed by atoms with E-state index in [9.17, 15) is 9.59 Å². The summed E-state index contributed by atoms with van der Waals surface area (Å²) in [7, 11) is 3.26. The zero-order valence-electron chi connectivity index (χ0n) is 19.2. The summed E-state index contributed by atoms with van der Waals surface area (Å²) in [6.07, 6.45) is 5.14. The Balaban J connectivity index is 1.17. The van der Waals surface area contributed by atoms with Crippen LogP contribution in [0.4, 0.5) is 5.69 Å². The van der Waals surface area contributed by atoms with E-state index in [-0.39, 0.29) is 17.6 Å². The predicted molar refractivity (Wildman–Crippen MR) is 129 cm³/mol. The van der Waals surface area contributed by atoms with Gasteiger partial charge in [-0.15, -0.1) is 0 Å². The molecular weight excluding hydrogens is 434 g/mol. The highest BCUT2D eigenvalue weighted by Gasteiger charge is 2.26. The number of fused-ring (bicyclic) bond motifs is 2. The number of oxazole rings is 1. The van der Waals surface area contributed by atoms with Crippen molar-refractivity contribution in [2.45, 2.75) is 38.3 Å². The maximum Gasteiger partial charge on any atom is 0.419 e. The molecule has 9 nitrogen and oxygen atoms in total. The quantitative estimate of drug-likeness (QED) is 0.453. The second kappa shape index (κ2) is 9.26. The van der Waals surface area contributed by atoms with Crippen molar-refractivity contribution < 1.29 is 13.9 Å². The van der Waals surface area contributed by atoms with Crippen molar-refractivity contribution in [2.24, 2.45) is 13.0 Å². The van der Waals surface area contributed by atoms with E-state index in [1.54, 1.807) is 32.5 Å². The normalized spacial score (nSPS) is 18.3. The third-order valence-corrected chi connectivity index (χ3v) is 6.57. The molecule has 0 bridgehead atoms. The second-order valence-electron chi connectivity index (χ2n) is 8.73. The minimum absolute atomic E-state index is 0.0140. The van der Waals surface area contributed by atoms with Gasteiger partial charge in [0.1, 0.15) is 5.52 Å². The van der Waals surface area contributed by atoms with E-state index in [0.29, 0.717) is 40.8 Å². The number of hydrogen-bond acceptors (Lipinski definition) is 7. The summed E-state index contributed by atoms with van der Waals surface area (Å²) in [4.78, 5) is 33.4. The summed E-state index contributed by atoms with van der Waals surface area (Å²) in [6.45, 7) is 0.687. The first kappa shape index (κ1) is 22.1. The number of ether oxygens (including phenoxy) is 1. The van der Waals surface area contributed by atoms with Crippen molar-refractivity contribution in [1.82, 2.24) is 19.9 Å². The van der Waals surface area contributed by atoms with Gasteiger partial charge >= 0.3 is 5.76 Å². The van der Waals surface area contributed by atoms with Crippen molar-refractivity contribution in [3.05, 3.63) is 58.7 Å². The fraction of sp³-hybridized carbons (Fsp3) is 0.360. The van der Waals surface area contributed by atoms with Crippen LogP contribution in [0, 0.1) is 5.92 Å². The number of carbonyl (C=O) groups excluding carboxylic acids is 1. The fourth-order valence-corrected chi connectivity index (χ4v) is 4.57. The van der Waals surface area contributed by atoms with Crippen molar-refractivity contribution in [3.63, 3.8) is 0 Å². The third-order valence-electron chi connectivity index (χ3n) is 6.57. The molecule has 0 atom stereocenters. The number of aromatic nitrogens is 3. The van der Waals surface area contributed by atoms with Gasteiger partial charge in [0.15, 0.2) is 5.58 Å². The number of benzene rings is 1. The molecule has 3 heterocycles. The number of amides is 1. The summed E-state index contributed by atoms with van der Waals surface area (Å²) in [6, 6.07) is 11.5. The lowest BCUT2D eigenvalue weighted by molar-refractivity contribution is -0.120. The van der Waals surface area contributed by atoms with Crippen LogP contribution in [0.5, 0.6) is 5.88 Å². The van der Waals surface area contributed by atoms with E-state index >= 15 is 0 Å². The largest absolute Gasteiger partial charge is 0.481 e. The number of pyridine rings is 2. The number of hydrogen-bond donors (Lipinski definition) is 2. The monoisotopic (exact) mass is 461 g/mol. The van der Waals surface area contributed by atoms with Gasteiger partial charge in [-0.3, -0.25) is 14.3 Å².